The first-order chi connectivity index (χ1) is 13.6. The lowest BCUT2D eigenvalue weighted by atomic mass is 9.89. The van der Waals surface area contributed by atoms with Gasteiger partial charge in [-0.1, -0.05) is 6.92 Å². The fourth-order valence-electron chi connectivity index (χ4n) is 3.60. The summed E-state index contributed by atoms with van der Waals surface area (Å²) < 4.78 is 40.4. The van der Waals surface area contributed by atoms with Gasteiger partial charge in [0.05, 0.1) is 5.39 Å². The van der Waals surface area contributed by atoms with Gasteiger partial charge in [-0.05, 0) is 37.7 Å². The van der Waals surface area contributed by atoms with Crippen molar-refractivity contribution in [3.63, 3.8) is 0 Å². The summed E-state index contributed by atoms with van der Waals surface area (Å²) in [5, 5.41) is 3.80. The topological polar surface area (TPSA) is 81.8 Å². The lowest BCUT2D eigenvalue weighted by Gasteiger charge is -2.17. The SMILES string of the molecule is Cc1nc2sc3c(c2c(=O)n1NC(=O)c1cc(C(F)(F)F)nn1C)CC[C@H](C)C3. The van der Waals surface area contributed by atoms with Gasteiger partial charge >= 0.3 is 6.18 Å². The number of carbonyl (C=O) groups is 1. The Labute approximate surface area is 167 Å². The highest BCUT2D eigenvalue weighted by Crippen LogP contribution is 2.35. The summed E-state index contributed by atoms with van der Waals surface area (Å²) in [5.41, 5.74) is 1.42. The van der Waals surface area contributed by atoms with Crippen LogP contribution in [0.25, 0.3) is 10.2 Å². The van der Waals surface area contributed by atoms with Crippen LogP contribution in [0, 0.1) is 12.8 Å². The summed E-state index contributed by atoms with van der Waals surface area (Å²) in [5.74, 6) is -0.0912. The summed E-state index contributed by atoms with van der Waals surface area (Å²) in [6.07, 6.45) is -2.05. The summed E-state index contributed by atoms with van der Waals surface area (Å²) in [6, 6.07) is 0.648. The van der Waals surface area contributed by atoms with Crippen molar-refractivity contribution in [2.75, 3.05) is 5.43 Å². The number of alkyl halides is 3. The molecule has 0 spiro atoms. The molecule has 4 rings (SSSR count). The van der Waals surface area contributed by atoms with Crippen molar-refractivity contribution in [2.24, 2.45) is 13.0 Å². The third-order valence-electron chi connectivity index (χ3n) is 5.11. The van der Waals surface area contributed by atoms with Gasteiger partial charge in [-0.25, -0.2) is 9.66 Å². The second kappa shape index (κ2) is 6.68. The highest BCUT2D eigenvalue weighted by Gasteiger charge is 2.35. The first kappa shape index (κ1) is 19.6. The van der Waals surface area contributed by atoms with Crippen molar-refractivity contribution in [1.82, 2.24) is 19.4 Å². The Kier molecular flexibility index (Phi) is 4.52. The van der Waals surface area contributed by atoms with Gasteiger partial charge < -0.3 is 0 Å². The number of aryl methyl sites for hydroxylation is 3. The van der Waals surface area contributed by atoms with Crippen LogP contribution in [-0.4, -0.2) is 25.3 Å². The van der Waals surface area contributed by atoms with Crippen LogP contribution >= 0.6 is 11.3 Å². The van der Waals surface area contributed by atoms with Crippen LogP contribution in [0.4, 0.5) is 13.2 Å². The Bertz CT molecular complexity index is 1190. The molecule has 3 heterocycles. The fourth-order valence-corrected chi connectivity index (χ4v) is 5.02. The number of rotatable bonds is 2. The molecule has 1 aliphatic carbocycles. The number of nitrogens with zero attached hydrogens (tertiary/aromatic N) is 4. The monoisotopic (exact) mass is 425 g/mol. The van der Waals surface area contributed by atoms with E-state index in [1.54, 1.807) is 6.92 Å². The van der Waals surface area contributed by atoms with Crippen molar-refractivity contribution < 1.29 is 18.0 Å². The molecule has 1 N–H and O–H groups in total. The molecule has 1 aliphatic rings. The third kappa shape index (κ3) is 3.33. The zero-order chi connectivity index (χ0) is 21.1. The van der Waals surface area contributed by atoms with Crippen molar-refractivity contribution >= 4 is 27.5 Å². The molecule has 11 heteroatoms. The van der Waals surface area contributed by atoms with Gasteiger partial charge in [-0.15, -0.1) is 11.3 Å². The lowest BCUT2D eigenvalue weighted by molar-refractivity contribution is -0.141. The summed E-state index contributed by atoms with van der Waals surface area (Å²) in [6.45, 7) is 3.72. The predicted molar refractivity (Wildman–Crippen MR) is 102 cm³/mol. The van der Waals surface area contributed by atoms with Crippen LogP contribution in [0.2, 0.25) is 0 Å². The van der Waals surface area contributed by atoms with Crippen molar-refractivity contribution in [2.45, 2.75) is 39.3 Å². The van der Waals surface area contributed by atoms with E-state index in [9.17, 15) is 22.8 Å². The lowest BCUT2D eigenvalue weighted by Crippen LogP contribution is -2.36. The number of nitrogens with one attached hydrogen (secondary N) is 1. The van der Waals surface area contributed by atoms with E-state index < -0.39 is 23.3 Å². The number of thiophene rings is 1. The van der Waals surface area contributed by atoms with Crippen LogP contribution < -0.4 is 11.0 Å². The van der Waals surface area contributed by atoms with Crippen molar-refractivity contribution in [1.29, 1.82) is 0 Å². The number of halogens is 3. The Morgan fingerprint density at radius 1 is 1.38 bits per heavy atom. The smallest absolute Gasteiger partial charge is 0.267 e. The number of fused-ring (bicyclic) bond motifs is 3. The van der Waals surface area contributed by atoms with E-state index in [0.717, 1.165) is 39.1 Å². The molecule has 0 saturated heterocycles. The first-order valence-electron chi connectivity index (χ1n) is 9.02. The molecule has 3 aromatic rings. The standard InChI is InChI=1S/C18H18F3N5O2S/c1-8-4-5-10-12(6-8)29-16-14(10)17(28)26(9(2)22-16)24-15(27)11-7-13(18(19,20)21)23-25(11)3/h7-8H,4-6H2,1-3H3,(H,24,27)/t8-/m0/s1. The Hall–Kier alpha value is -2.69. The van der Waals surface area contributed by atoms with E-state index in [1.165, 1.54) is 18.4 Å². The fraction of sp³-hybridized carbons (Fsp3) is 0.444. The normalized spacial score (nSPS) is 16.8. The number of amides is 1. The van der Waals surface area contributed by atoms with Gasteiger partial charge in [0.15, 0.2) is 5.69 Å². The highest BCUT2D eigenvalue weighted by molar-refractivity contribution is 7.18. The van der Waals surface area contributed by atoms with Crippen LogP contribution in [0.5, 0.6) is 0 Å². The number of aromatic nitrogens is 4. The maximum absolute atomic E-state index is 13.1. The van der Waals surface area contributed by atoms with Gasteiger partial charge in [0.2, 0.25) is 0 Å². The Morgan fingerprint density at radius 2 is 2.10 bits per heavy atom. The molecule has 1 atom stereocenters. The maximum atomic E-state index is 13.1. The third-order valence-corrected chi connectivity index (χ3v) is 6.26. The van der Waals surface area contributed by atoms with Crippen LogP contribution in [0.3, 0.4) is 0 Å². The second-order valence-electron chi connectivity index (χ2n) is 7.31. The Morgan fingerprint density at radius 3 is 2.76 bits per heavy atom. The zero-order valence-corrected chi connectivity index (χ0v) is 16.7. The maximum Gasteiger partial charge on any atom is 0.435 e. The number of hydrogen-bond donors (Lipinski definition) is 1. The minimum atomic E-state index is -4.67. The second-order valence-corrected chi connectivity index (χ2v) is 8.39. The molecular weight excluding hydrogens is 407 g/mol. The average molecular weight is 425 g/mol. The molecule has 3 aromatic heterocycles. The van der Waals surface area contributed by atoms with Gasteiger partial charge in [0.25, 0.3) is 11.5 Å². The summed E-state index contributed by atoms with van der Waals surface area (Å²) in [7, 11) is 1.23. The highest BCUT2D eigenvalue weighted by atomic mass is 32.1. The largest absolute Gasteiger partial charge is 0.435 e. The molecule has 0 saturated carbocycles. The van der Waals surface area contributed by atoms with E-state index in [1.807, 2.05) is 0 Å². The molecule has 0 fully saturated rings. The number of hydrogen-bond acceptors (Lipinski definition) is 5. The summed E-state index contributed by atoms with van der Waals surface area (Å²) >= 11 is 1.49. The van der Waals surface area contributed by atoms with E-state index in [0.29, 0.717) is 22.2 Å². The molecule has 29 heavy (non-hydrogen) atoms. The molecule has 0 aliphatic heterocycles. The molecule has 0 aromatic carbocycles. The van der Waals surface area contributed by atoms with Gasteiger partial charge in [-0.3, -0.25) is 19.7 Å². The van der Waals surface area contributed by atoms with Gasteiger partial charge in [-0.2, -0.15) is 18.3 Å². The van der Waals surface area contributed by atoms with E-state index >= 15 is 0 Å². The molecule has 154 valence electrons. The Balaban J connectivity index is 1.74. The molecule has 0 unspecified atom stereocenters. The molecular formula is C18H18F3N5O2S. The molecule has 0 radical (unpaired) electrons. The zero-order valence-electron chi connectivity index (χ0n) is 15.9. The minimum absolute atomic E-state index is 0.251. The molecule has 1 amide bonds. The average Bonchev–Trinajstić information content (AvgIpc) is 3.18. The van der Waals surface area contributed by atoms with Gasteiger partial charge in [0, 0.05) is 18.0 Å². The quantitative estimate of drug-likeness (QED) is 0.684. The van der Waals surface area contributed by atoms with Crippen LogP contribution in [-0.2, 0) is 26.1 Å². The molecule has 0 bridgehead atoms. The van der Waals surface area contributed by atoms with Crippen molar-refractivity contribution in [3.8, 4) is 0 Å². The van der Waals surface area contributed by atoms with Gasteiger partial charge in [0.1, 0.15) is 16.3 Å². The summed E-state index contributed by atoms with van der Waals surface area (Å²) in [4.78, 5) is 31.9. The minimum Gasteiger partial charge on any atom is -0.267 e. The van der Waals surface area contributed by atoms with E-state index in [2.05, 4.69) is 22.4 Å². The molecule has 7 nitrogen and oxygen atoms in total. The van der Waals surface area contributed by atoms with E-state index in [4.69, 9.17) is 0 Å². The van der Waals surface area contributed by atoms with Crippen molar-refractivity contribution in [3.05, 3.63) is 44.1 Å². The van der Waals surface area contributed by atoms with Crippen LogP contribution in [0.15, 0.2) is 10.9 Å². The first-order valence-corrected chi connectivity index (χ1v) is 9.84. The number of carbonyl (C=O) groups excluding carboxylic acids is 1. The predicted octanol–water partition coefficient (Wildman–Crippen LogP) is 3.03. The van der Waals surface area contributed by atoms with E-state index in [-0.39, 0.29) is 11.5 Å². The van der Waals surface area contributed by atoms with Crippen LogP contribution in [0.1, 0.15) is 45.8 Å².